The molecule has 1 heterocycles. The number of nitrogens with one attached hydrogen (secondary N) is 1. The number of fused-ring (bicyclic) bond motifs is 1. The smallest absolute Gasteiger partial charge is 0.306 e. The van der Waals surface area contributed by atoms with Crippen LogP contribution in [0.5, 0.6) is 0 Å². The normalized spacial score (nSPS) is 10.8. The number of carbonyl (C=O) groups excluding carboxylic acids is 1. The first-order chi connectivity index (χ1) is 10.1. The van der Waals surface area contributed by atoms with Crippen molar-refractivity contribution in [3.63, 3.8) is 0 Å². The van der Waals surface area contributed by atoms with Crippen LogP contribution in [0.4, 0.5) is 10.5 Å². The summed E-state index contributed by atoms with van der Waals surface area (Å²) in [5.41, 5.74) is 3.43. The number of rotatable bonds is 1. The van der Waals surface area contributed by atoms with Gasteiger partial charge < -0.3 is 5.32 Å². The zero-order chi connectivity index (χ0) is 15.0. The maximum absolute atomic E-state index is 12.4. The minimum absolute atomic E-state index is 0.306. The lowest BCUT2D eigenvalue weighted by Gasteiger charge is -2.09. The van der Waals surface area contributed by atoms with E-state index in [1.54, 1.807) is 18.3 Å². The van der Waals surface area contributed by atoms with Gasteiger partial charge in [-0.25, -0.2) is 4.79 Å². The lowest BCUT2D eigenvalue weighted by atomic mass is 10.2. The highest BCUT2D eigenvalue weighted by molar-refractivity contribution is 6.31. The molecule has 5 heteroatoms. The van der Waals surface area contributed by atoms with Crippen molar-refractivity contribution in [1.82, 2.24) is 9.78 Å². The van der Waals surface area contributed by atoms with Crippen LogP contribution in [0.25, 0.3) is 10.9 Å². The first-order valence-electron chi connectivity index (χ1n) is 6.57. The summed E-state index contributed by atoms with van der Waals surface area (Å²) in [5.74, 6) is 0. The molecule has 0 aliphatic heterocycles. The predicted octanol–water partition coefficient (Wildman–Crippen LogP) is 4.39. The third kappa shape index (κ3) is 2.50. The van der Waals surface area contributed by atoms with Gasteiger partial charge in [-0.3, -0.25) is 0 Å². The molecule has 0 saturated heterocycles. The quantitative estimate of drug-likeness (QED) is 0.724. The number of amides is 1. The Morgan fingerprint density at radius 3 is 2.86 bits per heavy atom. The third-order valence-corrected chi connectivity index (χ3v) is 3.83. The lowest BCUT2D eigenvalue weighted by molar-refractivity contribution is 0.252. The van der Waals surface area contributed by atoms with Crippen LogP contribution >= 0.6 is 11.6 Å². The first-order valence-corrected chi connectivity index (χ1v) is 6.95. The first kappa shape index (κ1) is 13.6. The van der Waals surface area contributed by atoms with E-state index in [0.717, 1.165) is 22.0 Å². The maximum atomic E-state index is 12.4. The molecule has 2 aromatic carbocycles. The summed E-state index contributed by atoms with van der Waals surface area (Å²) in [6, 6.07) is 10.9. The fraction of sp³-hybridized carbons (Fsp3) is 0.125. The van der Waals surface area contributed by atoms with Gasteiger partial charge in [0, 0.05) is 16.1 Å². The topological polar surface area (TPSA) is 46.9 Å². The van der Waals surface area contributed by atoms with Crippen LogP contribution in [0.1, 0.15) is 11.1 Å². The van der Waals surface area contributed by atoms with Crippen molar-refractivity contribution >= 4 is 34.2 Å². The zero-order valence-corrected chi connectivity index (χ0v) is 12.5. The summed E-state index contributed by atoms with van der Waals surface area (Å²) >= 11 is 6.06. The molecule has 1 aromatic heterocycles. The SMILES string of the molecule is Cc1ccc2c(cnn2C(=O)Nc2cccc(Cl)c2C)c1. The molecule has 3 aromatic rings. The maximum Gasteiger partial charge on any atom is 0.347 e. The van der Waals surface area contributed by atoms with Crippen LogP contribution in [0.15, 0.2) is 42.6 Å². The van der Waals surface area contributed by atoms with E-state index in [0.29, 0.717) is 10.7 Å². The van der Waals surface area contributed by atoms with Crippen molar-refractivity contribution in [2.45, 2.75) is 13.8 Å². The van der Waals surface area contributed by atoms with Crippen LogP contribution in [-0.4, -0.2) is 15.8 Å². The summed E-state index contributed by atoms with van der Waals surface area (Å²) in [6.45, 7) is 3.87. The minimum Gasteiger partial charge on any atom is -0.306 e. The second-order valence-corrected chi connectivity index (χ2v) is 5.37. The van der Waals surface area contributed by atoms with Gasteiger partial charge in [0.05, 0.1) is 11.7 Å². The summed E-state index contributed by atoms with van der Waals surface area (Å²) in [4.78, 5) is 12.4. The monoisotopic (exact) mass is 299 g/mol. The van der Waals surface area contributed by atoms with Crippen molar-refractivity contribution in [3.8, 4) is 0 Å². The van der Waals surface area contributed by atoms with Crippen molar-refractivity contribution < 1.29 is 4.79 Å². The molecule has 0 bridgehead atoms. The van der Waals surface area contributed by atoms with E-state index in [-0.39, 0.29) is 6.03 Å². The Balaban J connectivity index is 1.96. The second kappa shape index (κ2) is 5.22. The molecular formula is C16H14ClN3O. The van der Waals surface area contributed by atoms with E-state index in [9.17, 15) is 4.79 Å². The van der Waals surface area contributed by atoms with Gasteiger partial charge in [-0.2, -0.15) is 9.78 Å². The summed E-state index contributed by atoms with van der Waals surface area (Å²) in [7, 11) is 0. The average molecular weight is 300 g/mol. The van der Waals surface area contributed by atoms with Crippen molar-refractivity contribution in [1.29, 1.82) is 0 Å². The van der Waals surface area contributed by atoms with Crippen LogP contribution in [0.3, 0.4) is 0 Å². The lowest BCUT2D eigenvalue weighted by Crippen LogP contribution is -2.21. The number of hydrogen-bond donors (Lipinski definition) is 1. The number of hydrogen-bond acceptors (Lipinski definition) is 2. The van der Waals surface area contributed by atoms with Gasteiger partial charge in [0.25, 0.3) is 0 Å². The molecule has 0 spiro atoms. The molecular weight excluding hydrogens is 286 g/mol. The van der Waals surface area contributed by atoms with Gasteiger partial charge in [0.1, 0.15) is 0 Å². The minimum atomic E-state index is -0.306. The number of halogens is 1. The van der Waals surface area contributed by atoms with Gasteiger partial charge >= 0.3 is 6.03 Å². The van der Waals surface area contributed by atoms with E-state index in [4.69, 9.17) is 11.6 Å². The molecule has 4 nitrogen and oxygen atoms in total. The largest absolute Gasteiger partial charge is 0.347 e. The Bertz CT molecular complexity index is 839. The molecule has 21 heavy (non-hydrogen) atoms. The van der Waals surface area contributed by atoms with Crippen molar-refractivity contribution in [3.05, 3.63) is 58.7 Å². The van der Waals surface area contributed by atoms with Crippen LogP contribution in [0.2, 0.25) is 5.02 Å². The van der Waals surface area contributed by atoms with Gasteiger partial charge in [0.2, 0.25) is 0 Å². The van der Waals surface area contributed by atoms with E-state index in [1.807, 2.05) is 38.1 Å². The molecule has 1 amide bonds. The molecule has 0 aliphatic rings. The van der Waals surface area contributed by atoms with E-state index < -0.39 is 0 Å². The highest BCUT2D eigenvalue weighted by atomic mass is 35.5. The van der Waals surface area contributed by atoms with Crippen LogP contribution in [-0.2, 0) is 0 Å². The van der Waals surface area contributed by atoms with Crippen LogP contribution in [0, 0.1) is 13.8 Å². The highest BCUT2D eigenvalue weighted by Gasteiger charge is 2.12. The number of benzene rings is 2. The number of carbonyl (C=O) groups is 1. The van der Waals surface area contributed by atoms with E-state index >= 15 is 0 Å². The molecule has 0 unspecified atom stereocenters. The van der Waals surface area contributed by atoms with Gasteiger partial charge in [-0.15, -0.1) is 0 Å². The molecule has 1 N–H and O–H groups in total. The van der Waals surface area contributed by atoms with Crippen molar-refractivity contribution in [2.75, 3.05) is 5.32 Å². The number of aryl methyl sites for hydroxylation is 1. The van der Waals surface area contributed by atoms with E-state index in [2.05, 4.69) is 10.4 Å². The molecule has 0 atom stereocenters. The second-order valence-electron chi connectivity index (χ2n) is 4.96. The molecule has 0 radical (unpaired) electrons. The Morgan fingerprint density at radius 1 is 1.24 bits per heavy atom. The molecule has 3 rings (SSSR count). The summed E-state index contributed by atoms with van der Waals surface area (Å²) < 4.78 is 1.36. The highest BCUT2D eigenvalue weighted by Crippen LogP contribution is 2.23. The fourth-order valence-electron chi connectivity index (χ4n) is 2.23. The predicted molar refractivity (Wildman–Crippen MR) is 85.1 cm³/mol. The third-order valence-electron chi connectivity index (χ3n) is 3.43. The fourth-order valence-corrected chi connectivity index (χ4v) is 2.40. The van der Waals surface area contributed by atoms with Gasteiger partial charge in [-0.05, 0) is 43.7 Å². The average Bonchev–Trinajstić information content (AvgIpc) is 2.86. The Morgan fingerprint density at radius 2 is 2.05 bits per heavy atom. The number of anilines is 1. The molecule has 0 fully saturated rings. The molecule has 106 valence electrons. The summed E-state index contributed by atoms with van der Waals surface area (Å²) in [6.07, 6.45) is 1.69. The van der Waals surface area contributed by atoms with Gasteiger partial charge in [-0.1, -0.05) is 29.3 Å². The van der Waals surface area contributed by atoms with Crippen LogP contribution < -0.4 is 5.32 Å². The molecule has 0 saturated carbocycles. The van der Waals surface area contributed by atoms with Crippen molar-refractivity contribution in [2.24, 2.45) is 0 Å². The van der Waals surface area contributed by atoms with E-state index in [1.165, 1.54) is 4.68 Å². The van der Waals surface area contributed by atoms with Gasteiger partial charge in [0.15, 0.2) is 0 Å². The zero-order valence-electron chi connectivity index (χ0n) is 11.7. The Kier molecular flexibility index (Phi) is 3.39. The molecule has 0 aliphatic carbocycles. The Hall–Kier alpha value is -2.33. The number of aromatic nitrogens is 2. The summed E-state index contributed by atoms with van der Waals surface area (Å²) in [5, 5.41) is 8.55. The number of nitrogens with zero attached hydrogens (tertiary/aromatic N) is 2. The standard InChI is InChI=1S/C16H14ClN3O/c1-10-6-7-15-12(8-10)9-18-20(15)16(21)19-14-5-3-4-13(17)11(14)2/h3-9H,1-2H3,(H,19,21). The Labute approximate surface area is 127 Å².